The van der Waals surface area contributed by atoms with Gasteiger partial charge in [0.1, 0.15) is 5.82 Å². The van der Waals surface area contributed by atoms with Crippen LogP contribution in [0.1, 0.15) is 21.5 Å². The molecule has 0 radical (unpaired) electrons. The zero-order valence-corrected chi connectivity index (χ0v) is 17.4. The molecule has 0 fully saturated rings. The van der Waals surface area contributed by atoms with Crippen molar-refractivity contribution in [3.05, 3.63) is 107 Å². The predicted molar refractivity (Wildman–Crippen MR) is 121 cm³/mol. The lowest BCUT2D eigenvalue weighted by Crippen LogP contribution is -2.33. The van der Waals surface area contributed by atoms with E-state index in [0.717, 1.165) is 16.8 Å². The zero-order chi connectivity index (χ0) is 20.9. The van der Waals surface area contributed by atoms with Gasteiger partial charge in [-0.25, -0.2) is 9.37 Å². The van der Waals surface area contributed by atoms with Crippen molar-refractivity contribution < 1.29 is 9.18 Å². The third kappa shape index (κ3) is 4.63. The van der Waals surface area contributed by atoms with Gasteiger partial charge in [-0.05, 0) is 37.1 Å². The van der Waals surface area contributed by atoms with Crippen molar-refractivity contribution in [2.75, 3.05) is 11.4 Å². The summed E-state index contributed by atoms with van der Waals surface area (Å²) in [5, 5.41) is 2.56. The quantitative estimate of drug-likeness (QED) is 0.378. The average Bonchev–Trinajstić information content (AvgIpc) is 3.25. The van der Waals surface area contributed by atoms with Crippen molar-refractivity contribution in [2.24, 2.45) is 0 Å². The zero-order valence-electron chi connectivity index (χ0n) is 16.6. The third-order valence-corrected chi connectivity index (χ3v) is 5.72. The minimum absolute atomic E-state index is 0.254. The predicted octanol–water partition coefficient (Wildman–Crippen LogP) is 6.15. The molecule has 3 nitrogen and oxygen atoms in total. The lowest BCUT2D eigenvalue weighted by molar-refractivity contribution is 0.0986. The van der Waals surface area contributed by atoms with E-state index in [1.807, 2.05) is 66.9 Å². The normalized spacial score (nSPS) is 10.7. The van der Waals surface area contributed by atoms with E-state index in [1.165, 1.54) is 29.0 Å². The maximum Gasteiger partial charge on any atom is 0.260 e. The fourth-order valence-corrected chi connectivity index (χ4v) is 4.05. The molecule has 1 amide bonds. The first-order chi connectivity index (χ1) is 14.6. The van der Waals surface area contributed by atoms with Gasteiger partial charge in [0, 0.05) is 23.1 Å². The van der Waals surface area contributed by atoms with Crippen LogP contribution >= 0.6 is 11.3 Å². The summed E-state index contributed by atoms with van der Waals surface area (Å²) in [6, 6.07) is 23.9. The van der Waals surface area contributed by atoms with Crippen molar-refractivity contribution in [3.63, 3.8) is 0 Å². The van der Waals surface area contributed by atoms with Crippen LogP contribution in [0.25, 0.3) is 11.3 Å². The molecule has 4 aromatic rings. The van der Waals surface area contributed by atoms with E-state index >= 15 is 0 Å². The lowest BCUT2D eigenvalue weighted by Gasteiger charge is -2.20. The highest BCUT2D eigenvalue weighted by molar-refractivity contribution is 7.14. The van der Waals surface area contributed by atoms with Gasteiger partial charge in [0.2, 0.25) is 0 Å². The van der Waals surface area contributed by atoms with E-state index in [0.29, 0.717) is 23.7 Å². The Morgan fingerprint density at radius 2 is 1.77 bits per heavy atom. The molecule has 150 valence electrons. The summed E-state index contributed by atoms with van der Waals surface area (Å²) >= 11 is 1.42. The topological polar surface area (TPSA) is 33.2 Å². The Hall–Kier alpha value is -3.31. The fourth-order valence-electron chi connectivity index (χ4n) is 3.19. The molecular formula is C25H21FN2OS. The van der Waals surface area contributed by atoms with E-state index in [1.54, 1.807) is 17.0 Å². The average molecular weight is 417 g/mol. The molecule has 0 atom stereocenters. The number of carbonyl (C=O) groups is 1. The number of carbonyl (C=O) groups excluding carboxylic acids is 1. The minimum atomic E-state index is -0.427. The van der Waals surface area contributed by atoms with Gasteiger partial charge in [0.25, 0.3) is 5.91 Å². The second kappa shape index (κ2) is 9.01. The second-order valence-corrected chi connectivity index (χ2v) is 7.92. The number of anilines is 1. The largest absolute Gasteiger partial charge is 0.284 e. The minimum Gasteiger partial charge on any atom is -0.284 e. The summed E-state index contributed by atoms with van der Waals surface area (Å²) in [7, 11) is 0. The van der Waals surface area contributed by atoms with Gasteiger partial charge < -0.3 is 0 Å². The fraction of sp³-hybridized carbons (Fsp3) is 0.120. The van der Waals surface area contributed by atoms with Crippen LogP contribution in [-0.4, -0.2) is 17.4 Å². The van der Waals surface area contributed by atoms with E-state index in [-0.39, 0.29) is 5.91 Å². The molecule has 0 saturated heterocycles. The monoisotopic (exact) mass is 416 g/mol. The molecular weight excluding hydrogens is 395 g/mol. The van der Waals surface area contributed by atoms with E-state index in [4.69, 9.17) is 4.98 Å². The van der Waals surface area contributed by atoms with Crippen molar-refractivity contribution >= 4 is 22.4 Å². The van der Waals surface area contributed by atoms with Crippen LogP contribution in [-0.2, 0) is 6.42 Å². The van der Waals surface area contributed by atoms with Crippen LogP contribution in [0.2, 0.25) is 0 Å². The SMILES string of the molecule is Cc1ccc(-c2csc(N(CCc3ccccc3)C(=O)c3cccc(F)c3)n2)cc1. The summed E-state index contributed by atoms with van der Waals surface area (Å²) in [5.41, 5.74) is 4.45. The number of hydrogen-bond donors (Lipinski definition) is 0. The molecule has 0 unspecified atom stereocenters. The highest BCUT2D eigenvalue weighted by atomic mass is 32.1. The van der Waals surface area contributed by atoms with Gasteiger partial charge in [-0.2, -0.15) is 0 Å². The van der Waals surface area contributed by atoms with E-state index < -0.39 is 5.82 Å². The van der Waals surface area contributed by atoms with Gasteiger partial charge in [0.15, 0.2) is 5.13 Å². The molecule has 0 aliphatic carbocycles. The van der Waals surface area contributed by atoms with Gasteiger partial charge in [-0.15, -0.1) is 11.3 Å². The smallest absolute Gasteiger partial charge is 0.260 e. The van der Waals surface area contributed by atoms with Crippen molar-refractivity contribution in [3.8, 4) is 11.3 Å². The Labute approximate surface area is 179 Å². The molecule has 0 N–H and O–H groups in total. The molecule has 30 heavy (non-hydrogen) atoms. The Morgan fingerprint density at radius 1 is 1.00 bits per heavy atom. The summed E-state index contributed by atoms with van der Waals surface area (Å²) in [4.78, 5) is 19.6. The molecule has 0 saturated carbocycles. The third-order valence-electron chi connectivity index (χ3n) is 4.85. The summed E-state index contributed by atoms with van der Waals surface area (Å²) in [5.74, 6) is -0.682. The molecule has 0 spiro atoms. The summed E-state index contributed by atoms with van der Waals surface area (Å²) in [6.45, 7) is 2.50. The van der Waals surface area contributed by atoms with Crippen molar-refractivity contribution in [1.29, 1.82) is 0 Å². The van der Waals surface area contributed by atoms with Crippen LogP contribution in [0.15, 0.2) is 84.2 Å². The highest BCUT2D eigenvalue weighted by Gasteiger charge is 2.21. The van der Waals surface area contributed by atoms with Gasteiger partial charge >= 0.3 is 0 Å². The van der Waals surface area contributed by atoms with Crippen LogP contribution in [0.3, 0.4) is 0 Å². The summed E-state index contributed by atoms with van der Waals surface area (Å²) < 4.78 is 13.7. The number of nitrogens with zero attached hydrogens (tertiary/aromatic N) is 2. The number of aryl methyl sites for hydroxylation is 1. The summed E-state index contributed by atoms with van der Waals surface area (Å²) in [6.07, 6.45) is 0.682. The van der Waals surface area contributed by atoms with Crippen LogP contribution in [0.4, 0.5) is 9.52 Å². The van der Waals surface area contributed by atoms with E-state index in [2.05, 4.69) is 0 Å². The number of benzene rings is 3. The van der Waals surface area contributed by atoms with E-state index in [9.17, 15) is 9.18 Å². The number of halogens is 1. The van der Waals surface area contributed by atoms with Crippen molar-refractivity contribution in [2.45, 2.75) is 13.3 Å². The molecule has 0 aliphatic rings. The molecule has 1 heterocycles. The Morgan fingerprint density at radius 3 is 2.50 bits per heavy atom. The maximum atomic E-state index is 13.7. The Bertz CT molecular complexity index is 1140. The van der Waals surface area contributed by atoms with Crippen LogP contribution < -0.4 is 4.90 Å². The van der Waals surface area contributed by atoms with Gasteiger partial charge in [-0.1, -0.05) is 66.2 Å². The Kier molecular flexibility index (Phi) is 6.00. The molecule has 4 rings (SSSR count). The van der Waals surface area contributed by atoms with Gasteiger partial charge in [-0.3, -0.25) is 9.69 Å². The first-order valence-electron chi connectivity index (χ1n) is 9.74. The lowest BCUT2D eigenvalue weighted by atomic mass is 10.1. The first-order valence-corrected chi connectivity index (χ1v) is 10.6. The maximum absolute atomic E-state index is 13.7. The van der Waals surface area contributed by atoms with Crippen LogP contribution in [0, 0.1) is 12.7 Å². The number of amides is 1. The van der Waals surface area contributed by atoms with Crippen LogP contribution in [0.5, 0.6) is 0 Å². The molecule has 0 bridgehead atoms. The molecule has 1 aromatic heterocycles. The Balaban J connectivity index is 1.64. The first kappa shape index (κ1) is 20.0. The van der Waals surface area contributed by atoms with Crippen molar-refractivity contribution in [1.82, 2.24) is 4.98 Å². The second-order valence-electron chi connectivity index (χ2n) is 7.08. The molecule has 5 heteroatoms. The standard InChI is InChI=1S/C25H21FN2OS/c1-18-10-12-20(13-11-18)23-17-30-25(27-23)28(15-14-19-6-3-2-4-7-19)24(29)21-8-5-9-22(26)16-21/h2-13,16-17H,14-15H2,1H3. The molecule has 0 aliphatic heterocycles. The number of hydrogen-bond acceptors (Lipinski definition) is 3. The number of rotatable bonds is 6. The number of thiazole rings is 1. The highest BCUT2D eigenvalue weighted by Crippen LogP contribution is 2.29. The van der Waals surface area contributed by atoms with Gasteiger partial charge in [0.05, 0.1) is 5.69 Å². The molecule has 3 aromatic carbocycles. The number of aromatic nitrogens is 1.